The molecule has 0 bridgehead atoms. The molecule has 2 aliphatic rings. The highest BCUT2D eigenvalue weighted by Gasteiger charge is 2.29. The summed E-state index contributed by atoms with van der Waals surface area (Å²) in [5.74, 6) is -1.04. The number of carbonyl (C=O) groups is 2. The van der Waals surface area contributed by atoms with Crippen molar-refractivity contribution in [3.63, 3.8) is 0 Å². The second-order valence-corrected chi connectivity index (χ2v) is 9.11. The molecule has 1 saturated heterocycles. The standard InChI is InChI=1S/C19H26N2O5S/c1-14(18(22)20-16-9-10-16)26-19(23)15-7-6-8-17(13-15)27(24,25)21-11-4-2-3-5-12-21/h6-8,13-14,16H,2-5,9-12H2,1H3,(H,20,22)/t14-/m0/s1. The summed E-state index contributed by atoms with van der Waals surface area (Å²) in [5.41, 5.74) is 0.122. The quantitative estimate of drug-likeness (QED) is 0.746. The van der Waals surface area contributed by atoms with Gasteiger partial charge in [-0.2, -0.15) is 4.31 Å². The minimum absolute atomic E-state index is 0.0777. The molecule has 1 aliphatic carbocycles. The molecule has 3 rings (SSSR count). The Kier molecular flexibility index (Phi) is 6.16. The van der Waals surface area contributed by atoms with Gasteiger partial charge in [0.25, 0.3) is 5.91 Å². The number of amides is 1. The third kappa shape index (κ3) is 5.07. The van der Waals surface area contributed by atoms with Gasteiger partial charge in [-0.3, -0.25) is 4.79 Å². The summed E-state index contributed by atoms with van der Waals surface area (Å²) in [4.78, 5) is 24.4. The molecule has 2 fully saturated rings. The lowest BCUT2D eigenvalue weighted by atomic mass is 10.2. The lowest BCUT2D eigenvalue weighted by Crippen LogP contribution is -2.37. The smallest absolute Gasteiger partial charge is 0.338 e. The minimum atomic E-state index is -3.65. The van der Waals surface area contributed by atoms with Crippen LogP contribution in [-0.4, -0.2) is 49.8 Å². The van der Waals surface area contributed by atoms with Crippen molar-refractivity contribution in [3.8, 4) is 0 Å². The maximum atomic E-state index is 12.9. The van der Waals surface area contributed by atoms with Crippen LogP contribution < -0.4 is 5.32 Å². The van der Waals surface area contributed by atoms with Gasteiger partial charge in [0.15, 0.2) is 6.10 Å². The van der Waals surface area contributed by atoms with Crippen molar-refractivity contribution in [1.82, 2.24) is 9.62 Å². The van der Waals surface area contributed by atoms with Crippen LogP contribution in [-0.2, 0) is 19.6 Å². The molecule has 8 heteroatoms. The molecule has 0 unspecified atom stereocenters. The zero-order valence-electron chi connectivity index (χ0n) is 15.5. The predicted octanol–water partition coefficient (Wildman–Crippen LogP) is 2.08. The molecule has 7 nitrogen and oxygen atoms in total. The average Bonchev–Trinajstić information content (AvgIpc) is 3.48. The molecule has 0 spiro atoms. The van der Waals surface area contributed by atoms with Gasteiger partial charge in [0.1, 0.15) is 0 Å². The van der Waals surface area contributed by atoms with Crippen molar-refractivity contribution in [2.24, 2.45) is 0 Å². The zero-order valence-corrected chi connectivity index (χ0v) is 16.3. The Labute approximate surface area is 160 Å². The van der Waals surface area contributed by atoms with Gasteiger partial charge >= 0.3 is 5.97 Å². The molecule has 27 heavy (non-hydrogen) atoms. The SMILES string of the molecule is C[C@H](OC(=O)c1cccc(S(=O)(=O)N2CCCCCC2)c1)C(=O)NC1CC1. The highest BCUT2D eigenvalue weighted by atomic mass is 32.2. The van der Waals surface area contributed by atoms with Gasteiger partial charge in [0.05, 0.1) is 10.5 Å². The molecular formula is C19H26N2O5S. The second-order valence-electron chi connectivity index (χ2n) is 7.18. The fourth-order valence-electron chi connectivity index (χ4n) is 3.04. The van der Waals surface area contributed by atoms with E-state index in [4.69, 9.17) is 4.74 Å². The molecule has 1 saturated carbocycles. The van der Waals surface area contributed by atoms with Crippen LogP contribution in [0.4, 0.5) is 0 Å². The monoisotopic (exact) mass is 394 g/mol. The number of nitrogens with zero attached hydrogens (tertiary/aromatic N) is 1. The molecule has 1 aromatic carbocycles. The van der Waals surface area contributed by atoms with Gasteiger partial charge in [-0.05, 0) is 50.8 Å². The Hall–Kier alpha value is -1.93. The van der Waals surface area contributed by atoms with Gasteiger partial charge in [0.2, 0.25) is 10.0 Å². The molecule has 0 radical (unpaired) electrons. The number of carbonyl (C=O) groups excluding carboxylic acids is 2. The number of benzene rings is 1. The number of sulfonamides is 1. The van der Waals surface area contributed by atoms with E-state index in [1.807, 2.05) is 0 Å². The summed E-state index contributed by atoms with van der Waals surface area (Å²) in [6.07, 6.45) is 4.71. The molecule has 1 atom stereocenters. The number of ether oxygens (including phenoxy) is 1. The summed E-state index contributed by atoms with van der Waals surface area (Å²) in [5, 5.41) is 2.78. The van der Waals surface area contributed by atoms with E-state index in [1.54, 1.807) is 0 Å². The Morgan fingerprint density at radius 3 is 2.44 bits per heavy atom. The number of rotatable bonds is 6. The maximum absolute atomic E-state index is 12.9. The summed E-state index contributed by atoms with van der Waals surface area (Å²) in [6, 6.07) is 6.01. The number of hydrogen-bond donors (Lipinski definition) is 1. The molecule has 1 aliphatic heterocycles. The molecule has 1 aromatic rings. The largest absolute Gasteiger partial charge is 0.449 e. The van der Waals surface area contributed by atoms with Gasteiger partial charge in [-0.15, -0.1) is 0 Å². The molecule has 1 amide bonds. The first-order valence-electron chi connectivity index (χ1n) is 9.49. The van der Waals surface area contributed by atoms with E-state index >= 15 is 0 Å². The van der Waals surface area contributed by atoms with E-state index in [2.05, 4.69) is 5.32 Å². The third-order valence-electron chi connectivity index (χ3n) is 4.85. The Bertz CT molecular complexity index is 796. The second kappa shape index (κ2) is 8.39. The fraction of sp³-hybridized carbons (Fsp3) is 0.579. The van der Waals surface area contributed by atoms with Crippen LogP contribution in [0.15, 0.2) is 29.2 Å². The van der Waals surface area contributed by atoms with Crippen LogP contribution in [0, 0.1) is 0 Å². The van der Waals surface area contributed by atoms with Crippen LogP contribution in [0.3, 0.4) is 0 Å². The molecule has 148 valence electrons. The first-order valence-corrected chi connectivity index (χ1v) is 10.9. The van der Waals surface area contributed by atoms with Gasteiger partial charge in [-0.25, -0.2) is 13.2 Å². The van der Waals surface area contributed by atoms with E-state index in [9.17, 15) is 18.0 Å². The highest BCUT2D eigenvalue weighted by Crippen LogP contribution is 2.22. The van der Waals surface area contributed by atoms with E-state index in [0.29, 0.717) is 13.1 Å². The third-order valence-corrected chi connectivity index (χ3v) is 6.74. The van der Waals surface area contributed by atoms with Crippen molar-refractivity contribution in [3.05, 3.63) is 29.8 Å². The van der Waals surface area contributed by atoms with Gasteiger partial charge in [0, 0.05) is 19.1 Å². The number of esters is 1. The van der Waals surface area contributed by atoms with Crippen LogP contribution in [0.1, 0.15) is 55.8 Å². The van der Waals surface area contributed by atoms with E-state index in [0.717, 1.165) is 38.5 Å². The van der Waals surface area contributed by atoms with Crippen LogP contribution in [0.2, 0.25) is 0 Å². The van der Waals surface area contributed by atoms with Crippen LogP contribution in [0.5, 0.6) is 0 Å². The molecule has 1 heterocycles. The maximum Gasteiger partial charge on any atom is 0.338 e. The van der Waals surface area contributed by atoms with Crippen molar-refractivity contribution in [2.75, 3.05) is 13.1 Å². The lowest BCUT2D eigenvalue weighted by molar-refractivity contribution is -0.129. The fourth-order valence-corrected chi connectivity index (χ4v) is 4.61. The molecular weight excluding hydrogens is 368 g/mol. The molecule has 1 N–H and O–H groups in total. The highest BCUT2D eigenvalue weighted by molar-refractivity contribution is 7.89. The summed E-state index contributed by atoms with van der Waals surface area (Å²) < 4.78 is 32.4. The first kappa shape index (κ1) is 19.8. The first-order chi connectivity index (χ1) is 12.9. The van der Waals surface area contributed by atoms with Crippen LogP contribution in [0.25, 0.3) is 0 Å². The minimum Gasteiger partial charge on any atom is -0.449 e. The zero-order chi connectivity index (χ0) is 19.4. The van der Waals surface area contributed by atoms with Crippen molar-refractivity contribution in [1.29, 1.82) is 0 Å². The predicted molar refractivity (Wildman–Crippen MR) is 99.7 cm³/mol. The average molecular weight is 394 g/mol. The lowest BCUT2D eigenvalue weighted by Gasteiger charge is -2.20. The summed E-state index contributed by atoms with van der Waals surface area (Å²) >= 11 is 0. The van der Waals surface area contributed by atoms with E-state index in [1.165, 1.54) is 35.5 Å². The Morgan fingerprint density at radius 1 is 1.15 bits per heavy atom. The number of hydrogen-bond acceptors (Lipinski definition) is 5. The van der Waals surface area contributed by atoms with Crippen LogP contribution >= 0.6 is 0 Å². The molecule has 0 aromatic heterocycles. The summed E-state index contributed by atoms with van der Waals surface area (Å²) in [6.45, 7) is 2.50. The topological polar surface area (TPSA) is 92.8 Å². The number of nitrogens with one attached hydrogen (secondary N) is 1. The van der Waals surface area contributed by atoms with Crippen molar-refractivity contribution in [2.45, 2.75) is 62.5 Å². The normalized spacial score (nSPS) is 19.7. The van der Waals surface area contributed by atoms with Gasteiger partial charge in [-0.1, -0.05) is 18.9 Å². The van der Waals surface area contributed by atoms with Crippen molar-refractivity contribution >= 4 is 21.9 Å². The van der Waals surface area contributed by atoms with Gasteiger partial charge < -0.3 is 10.1 Å². The summed E-state index contributed by atoms with van der Waals surface area (Å²) in [7, 11) is -3.65. The Balaban J connectivity index is 1.70. The van der Waals surface area contributed by atoms with E-state index < -0.39 is 22.1 Å². The Morgan fingerprint density at radius 2 is 1.81 bits per heavy atom. The van der Waals surface area contributed by atoms with Crippen molar-refractivity contribution < 1.29 is 22.7 Å². The van der Waals surface area contributed by atoms with E-state index in [-0.39, 0.29) is 22.4 Å².